The third-order valence-electron chi connectivity index (χ3n) is 2.32. The normalized spacial score (nSPS) is 12.5. The molecule has 1 aromatic rings. The zero-order valence-electron chi connectivity index (χ0n) is 9.40. The highest BCUT2D eigenvalue weighted by molar-refractivity contribution is 6.29. The van der Waals surface area contributed by atoms with Crippen molar-refractivity contribution in [3.8, 4) is 0 Å². The monoisotopic (exact) mass is 228 g/mol. The van der Waals surface area contributed by atoms with Crippen LogP contribution in [0.5, 0.6) is 0 Å². The minimum atomic E-state index is 0.332. The molecule has 0 N–H and O–H groups in total. The lowest BCUT2D eigenvalue weighted by Gasteiger charge is -2.29. The van der Waals surface area contributed by atoms with Gasteiger partial charge < -0.3 is 9.64 Å². The second-order valence-corrected chi connectivity index (χ2v) is 3.81. The van der Waals surface area contributed by atoms with Gasteiger partial charge in [-0.05, 0) is 26.0 Å². The zero-order valence-corrected chi connectivity index (χ0v) is 10.2. The fourth-order valence-corrected chi connectivity index (χ4v) is 1.82. The van der Waals surface area contributed by atoms with E-state index in [1.807, 2.05) is 12.1 Å². The van der Waals surface area contributed by atoms with Crippen LogP contribution in [-0.2, 0) is 4.74 Å². The Kier molecular flexibility index (Phi) is 4.85. The Labute approximate surface area is 96.0 Å². The summed E-state index contributed by atoms with van der Waals surface area (Å²) in [6.45, 7) is 5.86. The van der Waals surface area contributed by atoms with Crippen molar-refractivity contribution in [3.63, 3.8) is 0 Å². The molecular weight excluding hydrogens is 212 g/mol. The van der Waals surface area contributed by atoms with Crippen LogP contribution in [0.3, 0.4) is 0 Å². The number of methoxy groups -OCH3 is 1. The number of likely N-dealkylation sites (N-methyl/N-ethyl adjacent to an activating group) is 1. The molecule has 1 unspecified atom stereocenters. The predicted molar refractivity (Wildman–Crippen MR) is 63.6 cm³/mol. The van der Waals surface area contributed by atoms with E-state index < -0.39 is 0 Å². The van der Waals surface area contributed by atoms with Crippen molar-refractivity contribution >= 4 is 17.3 Å². The molecule has 0 saturated carbocycles. The fourth-order valence-electron chi connectivity index (χ4n) is 1.65. The summed E-state index contributed by atoms with van der Waals surface area (Å²) in [5, 5.41) is 0.524. The van der Waals surface area contributed by atoms with E-state index in [1.165, 1.54) is 0 Å². The van der Waals surface area contributed by atoms with E-state index >= 15 is 0 Å². The van der Waals surface area contributed by atoms with E-state index in [-0.39, 0.29) is 0 Å². The number of aromatic nitrogens is 1. The van der Waals surface area contributed by atoms with E-state index in [2.05, 4.69) is 23.7 Å². The van der Waals surface area contributed by atoms with Crippen LogP contribution in [0.25, 0.3) is 0 Å². The maximum absolute atomic E-state index is 5.86. The number of halogens is 1. The molecule has 0 aliphatic rings. The van der Waals surface area contributed by atoms with E-state index in [1.54, 1.807) is 13.3 Å². The highest BCUT2D eigenvalue weighted by atomic mass is 35.5. The molecule has 0 aliphatic heterocycles. The van der Waals surface area contributed by atoms with Crippen LogP contribution in [0.15, 0.2) is 18.3 Å². The fraction of sp³-hybridized carbons (Fsp3) is 0.545. The SMILES string of the molecule is CCN(c1ccnc(Cl)c1)C(C)COC. The van der Waals surface area contributed by atoms with Crippen LogP contribution in [0.4, 0.5) is 5.69 Å². The maximum atomic E-state index is 5.86. The molecule has 0 amide bonds. The van der Waals surface area contributed by atoms with Crippen LogP contribution < -0.4 is 4.90 Å². The number of anilines is 1. The number of rotatable bonds is 5. The summed E-state index contributed by atoms with van der Waals surface area (Å²) in [5.41, 5.74) is 1.09. The molecular formula is C11H17ClN2O. The van der Waals surface area contributed by atoms with Gasteiger partial charge in [0, 0.05) is 31.6 Å². The smallest absolute Gasteiger partial charge is 0.131 e. The van der Waals surface area contributed by atoms with E-state index in [0.29, 0.717) is 17.8 Å². The third kappa shape index (κ3) is 3.36. The Hall–Kier alpha value is -0.800. The van der Waals surface area contributed by atoms with Gasteiger partial charge >= 0.3 is 0 Å². The molecule has 1 heterocycles. The second kappa shape index (κ2) is 5.93. The van der Waals surface area contributed by atoms with Crippen molar-refractivity contribution in [2.24, 2.45) is 0 Å². The third-order valence-corrected chi connectivity index (χ3v) is 2.53. The summed E-state index contributed by atoms with van der Waals surface area (Å²) in [4.78, 5) is 6.20. The van der Waals surface area contributed by atoms with Gasteiger partial charge in [0.05, 0.1) is 6.61 Å². The first-order valence-electron chi connectivity index (χ1n) is 5.06. The molecule has 4 heteroatoms. The van der Waals surface area contributed by atoms with Gasteiger partial charge in [0.25, 0.3) is 0 Å². The Morgan fingerprint density at radius 1 is 1.60 bits per heavy atom. The van der Waals surface area contributed by atoms with Crippen molar-refractivity contribution in [1.82, 2.24) is 4.98 Å². The van der Waals surface area contributed by atoms with Gasteiger partial charge in [-0.2, -0.15) is 0 Å². The van der Waals surface area contributed by atoms with Crippen LogP contribution >= 0.6 is 11.6 Å². The number of nitrogens with zero attached hydrogens (tertiary/aromatic N) is 2. The van der Waals surface area contributed by atoms with Gasteiger partial charge in [0.1, 0.15) is 5.15 Å². The summed E-state index contributed by atoms with van der Waals surface area (Å²) < 4.78 is 5.15. The molecule has 0 aliphatic carbocycles. The lowest BCUT2D eigenvalue weighted by atomic mass is 10.2. The van der Waals surface area contributed by atoms with Gasteiger partial charge in [0.15, 0.2) is 0 Å². The molecule has 0 bridgehead atoms. The second-order valence-electron chi connectivity index (χ2n) is 3.43. The first-order valence-corrected chi connectivity index (χ1v) is 5.44. The zero-order chi connectivity index (χ0) is 11.3. The van der Waals surface area contributed by atoms with E-state index in [9.17, 15) is 0 Å². The molecule has 0 radical (unpaired) electrons. The largest absolute Gasteiger partial charge is 0.383 e. The minimum Gasteiger partial charge on any atom is -0.383 e. The average molecular weight is 229 g/mol. The van der Waals surface area contributed by atoms with Crippen LogP contribution in [0.2, 0.25) is 5.15 Å². The van der Waals surface area contributed by atoms with Gasteiger partial charge in [-0.1, -0.05) is 11.6 Å². The highest BCUT2D eigenvalue weighted by Gasteiger charge is 2.12. The average Bonchev–Trinajstić information content (AvgIpc) is 2.19. The van der Waals surface area contributed by atoms with Crippen LogP contribution in [-0.4, -0.2) is 31.3 Å². The van der Waals surface area contributed by atoms with Crippen molar-refractivity contribution in [3.05, 3.63) is 23.5 Å². The van der Waals surface area contributed by atoms with Crippen molar-refractivity contribution in [2.75, 3.05) is 25.2 Å². The Balaban J connectivity index is 2.82. The first kappa shape index (κ1) is 12.3. The summed E-state index contributed by atoms with van der Waals surface area (Å²) in [6.07, 6.45) is 1.72. The molecule has 0 aromatic carbocycles. The molecule has 3 nitrogen and oxygen atoms in total. The van der Waals surface area contributed by atoms with Crippen LogP contribution in [0.1, 0.15) is 13.8 Å². The van der Waals surface area contributed by atoms with Gasteiger partial charge in [-0.3, -0.25) is 0 Å². The minimum absolute atomic E-state index is 0.332. The number of pyridine rings is 1. The van der Waals surface area contributed by atoms with Gasteiger partial charge in [-0.15, -0.1) is 0 Å². The first-order chi connectivity index (χ1) is 7.19. The standard InChI is InChI=1S/C11H17ClN2O/c1-4-14(9(2)8-15-3)10-5-6-13-11(12)7-10/h5-7,9H,4,8H2,1-3H3. The predicted octanol–water partition coefficient (Wildman–Crippen LogP) is 2.60. The Morgan fingerprint density at radius 2 is 2.33 bits per heavy atom. The number of ether oxygens (including phenoxy) is 1. The molecule has 0 fully saturated rings. The summed E-state index contributed by atoms with van der Waals surface area (Å²) in [6, 6.07) is 4.16. The molecule has 0 saturated heterocycles. The Morgan fingerprint density at radius 3 is 2.87 bits per heavy atom. The summed E-state index contributed by atoms with van der Waals surface area (Å²) in [5.74, 6) is 0. The molecule has 84 valence electrons. The van der Waals surface area contributed by atoms with Crippen LogP contribution in [0, 0.1) is 0 Å². The molecule has 1 rings (SSSR count). The van der Waals surface area contributed by atoms with E-state index in [0.717, 1.165) is 12.2 Å². The molecule has 0 spiro atoms. The van der Waals surface area contributed by atoms with Crippen molar-refractivity contribution in [2.45, 2.75) is 19.9 Å². The van der Waals surface area contributed by atoms with Gasteiger partial charge in [-0.25, -0.2) is 4.98 Å². The quantitative estimate of drug-likeness (QED) is 0.725. The lowest BCUT2D eigenvalue weighted by molar-refractivity contribution is 0.182. The molecule has 15 heavy (non-hydrogen) atoms. The number of hydrogen-bond acceptors (Lipinski definition) is 3. The number of hydrogen-bond donors (Lipinski definition) is 0. The topological polar surface area (TPSA) is 25.4 Å². The lowest BCUT2D eigenvalue weighted by Crippen LogP contribution is -2.36. The maximum Gasteiger partial charge on any atom is 0.131 e. The summed E-state index contributed by atoms with van der Waals surface area (Å²) in [7, 11) is 1.71. The molecule has 1 atom stereocenters. The molecule has 1 aromatic heterocycles. The van der Waals surface area contributed by atoms with E-state index in [4.69, 9.17) is 16.3 Å². The van der Waals surface area contributed by atoms with Crippen molar-refractivity contribution in [1.29, 1.82) is 0 Å². The van der Waals surface area contributed by atoms with Gasteiger partial charge in [0.2, 0.25) is 0 Å². The highest BCUT2D eigenvalue weighted by Crippen LogP contribution is 2.19. The Bertz CT molecular complexity index is 306. The van der Waals surface area contributed by atoms with Crippen molar-refractivity contribution < 1.29 is 4.74 Å². The summed E-state index contributed by atoms with van der Waals surface area (Å²) >= 11 is 5.86.